The number of imidazole rings is 1. The molecule has 1 aromatic heterocycles. The third kappa shape index (κ3) is 1.69. The van der Waals surface area contributed by atoms with Gasteiger partial charge in [-0.1, -0.05) is 0 Å². The minimum atomic E-state index is -0.925. The number of benzene rings is 2. The first-order valence-corrected chi connectivity index (χ1v) is 5.27. The summed E-state index contributed by atoms with van der Waals surface area (Å²) >= 11 is 0. The van der Waals surface area contributed by atoms with Crippen LogP contribution in [0.25, 0.3) is 22.4 Å². The maximum absolute atomic E-state index is 13.1. The van der Waals surface area contributed by atoms with Gasteiger partial charge in [0.1, 0.15) is 11.6 Å². The van der Waals surface area contributed by atoms with Crippen LogP contribution in [-0.2, 0) is 0 Å². The molecule has 0 spiro atoms. The summed E-state index contributed by atoms with van der Waals surface area (Å²) in [6, 6.07) is 8.49. The zero-order chi connectivity index (χ0) is 12.7. The maximum Gasteiger partial charge on any atom is 0.161 e. The van der Waals surface area contributed by atoms with E-state index in [2.05, 4.69) is 9.97 Å². The Hall–Kier alpha value is -2.43. The van der Waals surface area contributed by atoms with E-state index in [4.69, 9.17) is 0 Å². The molecule has 18 heavy (non-hydrogen) atoms. The molecule has 0 amide bonds. The third-order valence-electron chi connectivity index (χ3n) is 2.66. The zero-order valence-electron chi connectivity index (χ0n) is 9.11. The Morgan fingerprint density at radius 2 is 1.67 bits per heavy atom. The third-order valence-corrected chi connectivity index (χ3v) is 2.66. The highest BCUT2D eigenvalue weighted by molar-refractivity contribution is 5.79. The number of halogens is 2. The van der Waals surface area contributed by atoms with Crippen molar-refractivity contribution in [3.05, 3.63) is 48.0 Å². The summed E-state index contributed by atoms with van der Waals surface area (Å²) in [5.41, 5.74) is 1.51. The lowest BCUT2D eigenvalue weighted by Gasteiger charge is -1.95. The molecule has 1 heterocycles. The molecule has 2 aromatic carbocycles. The second-order valence-corrected chi connectivity index (χ2v) is 3.92. The molecule has 0 aliphatic carbocycles. The minimum absolute atomic E-state index is 0.145. The summed E-state index contributed by atoms with van der Waals surface area (Å²) in [5, 5.41) is 9.19. The quantitative estimate of drug-likeness (QED) is 0.692. The Morgan fingerprint density at radius 3 is 2.39 bits per heavy atom. The molecule has 0 atom stereocenters. The average Bonchev–Trinajstić information content (AvgIpc) is 2.73. The number of rotatable bonds is 1. The number of nitrogens with zero attached hydrogens (tertiary/aromatic N) is 1. The number of fused-ring (bicyclic) bond motifs is 1. The van der Waals surface area contributed by atoms with Gasteiger partial charge in [0.25, 0.3) is 0 Å². The molecule has 0 unspecified atom stereocenters. The van der Waals surface area contributed by atoms with Crippen molar-refractivity contribution in [2.24, 2.45) is 0 Å². The predicted octanol–water partition coefficient (Wildman–Crippen LogP) is 3.21. The van der Waals surface area contributed by atoms with Crippen LogP contribution >= 0.6 is 0 Å². The van der Waals surface area contributed by atoms with Crippen LogP contribution < -0.4 is 0 Å². The number of aromatic nitrogens is 2. The monoisotopic (exact) mass is 246 g/mol. The first-order valence-electron chi connectivity index (χ1n) is 5.27. The number of hydrogen-bond acceptors (Lipinski definition) is 2. The highest BCUT2D eigenvalue weighted by atomic mass is 19.2. The Morgan fingerprint density at radius 1 is 1.00 bits per heavy atom. The predicted molar refractivity (Wildman–Crippen MR) is 63.1 cm³/mol. The largest absolute Gasteiger partial charge is 0.508 e. The van der Waals surface area contributed by atoms with Gasteiger partial charge in [-0.05, 0) is 24.3 Å². The van der Waals surface area contributed by atoms with Crippen LogP contribution in [0.2, 0.25) is 0 Å². The smallest absolute Gasteiger partial charge is 0.161 e. The second kappa shape index (κ2) is 3.80. The van der Waals surface area contributed by atoms with Crippen molar-refractivity contribution in [1.82, 2.24) is 9.97 Å². The van der Waals surface area contributed by atoms with Gasteiger partial charge in [0.05, 0.1) is 11.0 Å². The molecule has 3 rings (SSSR count). The summed E-state index contributed by atoms with van der Waals surface area (Å²) in [5.74, 6) is -1.20. The molecule has 0 saturated carbocycles. The zero-order valence-corrected chi connectivity index (χ0v) is 9.11. The molecular formula is C13H8F2N2O. The van der Waals surface area contributed by atoms with Crippen molar-refractivity contribution in [1.29, 1.82) is 0 Å². The standard InChI is InChI=1S/C13H8F2N2O/c14-9-5-11-12(6-10(9)15)17-13(16-11)7-1-3-8(18)4-2-7/h1-6,18H,(H,16,17). The van der Waals surface area contributed by atoms with E-state index >= 15 is 0 Å². The maximum atomic E-state index is 13.1. The number of phenolic OH excluding ortho intramolecular Hbond substituents is 1. The van der Waals surface area contributed by atoms with E-state index in [1.807, 2.05) is 0 Å². The van der Waals surface area contributed by atoms with Crippen LogP contribution in [0.1, 0.15) is 0 Å². The van der Waals surface area contributed by atoms with E-state index in [1.54, 1.807) is 12.1 Å². The molecule has 90 valence electrons. The summed E-state index contributed by atoms with van der Waals surface area (Å²) in [6.45, 7) is 0. The lowest BCUT2D eigenvalue weighted by atomic mass is 10.2. The number of aromatic amines is 1. The Balaban J connectivity index is 2.16. The van der Waals surface area contributed by atoms with Gasteiger partial charge in [-0.2, -0.15) is 0 Å². The van der Waals surface area contributed by atoms with Gasteiger partial charge >= 0.3 is 0 Å². The highest BCUT2D eigenvalue weighted by Gasteiger charge is 2.09. The Bertz CT molecular complexity index is 681. The highest BCUT2D eigenvalue weighted by Crippen LogP contribution is 2.23. The minimum Gasteiger partial charge on any atom is -0.508 e. The van der Waals surface area contributed by atoms with E-state index in [9.17, 15) is 13.9 Å². The normalized spacial score (nSPS) is 11.0. The molecule has 0 aliphatic rings. The van der Waals surface area contributed by atoms with Crippen LogP contribution in [0.4, 0.5) is 8.78 Å². The molecule has 3 nitrogen and oxygen atoms in total. The van der Waals surface area contributed by atoms with Crippen molar-refractivity contribution in [2.45, 2.75) is 0 Å². The van der Waals surface area contributed by atoms with Gasteiger partial charge in [-0.25, -0.2) is 13.8 Å². The number of aromatic hydroxyl groups is 1. The number of nitrogens with one attached hydrogen (secondary N) is 1. The fourth-order valence-electron chi connectivity index (χ4n) is 1.76. The molecule has 0 saturated heterocycles. The average molecular weight is 246 g/mol. The number of hydrogen-bond donors (Lipinski definition) is 2. The molecular weight excluding hydrogens is 238 g/mol. The molecule has 3 aromatic rings. The fraction of sp³-hybridized carbons (Fsp3) is 0. The van der Waals surface area contributed by atoms with E-state index in [0.717, 1.165) is 17.7 Å². The van der Waals surface area contributed by atoms with Gasteiger partial charge in [0.2, 0.25) is 0 Å². The summed E-state index contributed by atoms with van der Waals surface area (Å²) in [7, 11) is 0. The van der Waals surface area contributed by atoms with Crippen LogP contribution in [0.3, 0.4) is 0 Å². The van der Waals surface area contributed by atoms with Gasteiger partial charge in [-0.15, -0.1) is 0 Å². The van der Waals surface area contributed by atoms with E-state index in [-0.39, 0.29) is 5.75 Å². The van der Waals surface area contributed by atoms with Crippen molar-refractivity contribution in [3.63, 3.8) is 0 Å². The lowest BCUT2D eigenvalue weighted by Crippen LogP contribution is -1.82. The van der Waals surface area contributed by atoms with Crippen LogP contribution in [-0.4, -0.2) is 15.1 Å². The number of H-pyrrole nitrogens is 1. The van der Waals surface area contributed by atoms with Gasteiger partial charge < -0.3 is 10.1 Å². The van der Waals surface area contributed by atoms with Gasteiger partial charge in [0.15, 0.2) is 11.6 Å². The molecule has 0 radical (unpaired) electrons. The summed E-state index contributed by atoms with van der Waals surface area (Å²) in [4.78, 5) is 7.07. The Kier molecular flexibility index (Phi) is 2.26. The number of phenols is 1. The molecule has 0 aliphatic heterocycles. The molecule has 5 heteroatoms. The molecule has 0 bridgehead atoms. The summed E-state index contributed by atoms with van der Waals surface area (Å²) in [6.07, 6.45) is 0. The van der Waals surface area contributed by atoms with E-state index in [0.29, 0.717) is 16.9 Å². The van der Waals surface area contributed by atoms with Crippen LogP contribution in [0.5, 0.6) is 5.75 Å². The molecule has 2 N–H and O–H groups in total. The molecule has 0 fully saturated rings. The van der Waals surface area contributed by atoms with Crippen molar-refractivity contribution in [2.75, 3.05) is 0 Å². The first-order chi connectivity index (χ1) is 8.63. The second-order valence-electron chi connectivity index (χ2n) is 3.92. The topological polar surface area (TPSA) is 48.9 Å². The van der Waals surface area contributed by atoms with Crippen LogP contribution in [0, 0.1) is 11.6 Å². The fourth-order valence-corrected chi connectivity index (χ4v) is 1.76. The van der Waals surface area contributed by atoms with Gasteiger partial charge in [-0.3, -0.25) is 0 Å². The van der Waals surface area contributed by atoms with Crippen LogP contribution in [0.15, 0.2) is 36.4 Å². The van der Waals surface area contributed by atoms with E-state index < -0.39 is 11.6 Å². The first kappa shape index (κ1) is 10.7. The van der Waals surface area contributed by atoms with Crippen molar-refractivity contribution < 1.29 is 13.9 Å². The lowest BCUT2D eigenvalue weighted by molar-refractivity contribution is 0.475. The summed E-state index contributed by atoms with van der Waals surface area (Å²) < 4.78 is 26.1. The van der Waals surface area contributed by atoms with E-state index in [1.165, 1.54) is 12.1 Å². The SMILES string of the molecule is Oc1ccc(-c2nc3cc(F)c(F)cc3[nH]2)cc1. The van der Waals surface area contributed by atoms with Crippen molar-refractivity contribution in [3.8, 4) is 17.1 Å². The van der Waals surface area contributed by atoms with Gasteiger partial charge in [0, 0.05) is 17.7 Å². The Labute approximate surface area is 101 Å². The van der Waals surface area contributed by atoms with Crippen molar-refractivity contribution >= 4 is 11.0 Å².